The molecule has 0 bridgehead atoms. The second-order valence-corrected chi connectivity index (χ2v) is 4.93. The zero-order valence-corrected chi connectivity index (χ0v) is 10.5. The molecule has 0 spiro atoms. The maximum atomic E-state index is 11.7. The van der Waals surface area contributed by atoms with Crippen molar-refractivity contribution in [3.8, 4) is 0 Å². The van der Waals surface area contributed by atoms with Crippen LogP contribution in [0, 0.1) is 0 Å². The zero-order chi connectivity index (χ0) is 12.0. The van der Waals surface area contributed by atoms with E-state index >= 15 is 0 Å². The first kappa shape index (κ1) is 13.5. The monoisotopic (exact) mass is 227 g/mol. The van der Waals surface area contributed by atoms with Gasteiger partial charge in [0.15, 0.2) is 0 Å². The molecule has 0 aromatic heterocycles. The van der Waals surface area contributed by atoms with Crippen molar-refractivity contribution in [1.82, 2.24) is 10.2 Å². The minimum absolute atomic E-state index is 0.121. The van der Waals surface area contributed by atoms with Gasteiger partial charge >= 0.3 is 0 Å². The van der Waals surface area contributed by atoms with Crippen molar-refractivity contribution in [2.45, 2.75) is 51.6 Å². The lowest BCUT2D eigenvalue weighted by molar-refractivity contribution is -0.123. The van der Waals surface area contributed by atoms with Crippen molar-refractivity contribution in [3.05, 3.63) is 0 Å². The van der Waals surface area contributed by atoms with Crippen LogP contribution in [0.3, 0.4) is 0 Å². The average molecular weight is 227 g/mol. The van der Waals surface area contributed by atoms with E-state index in [9.17, 15) is 4.79 Å². The fraction of sp³-hybridized carbons (Fsp3) is 0.917. The quantitative estimate of drug-likeness (QED) is 0.744. The maximum Gasteiger partial charge on any atom is 0.234 e. The number of nitrogens with zero attached hydrogens (tertiary/aromatic N) is 1. The summed E-state index contributed by atoms with van der Waals surface area (Å²) in [5.41, 5.74) is 5.77. The molecule has 1 atom stereocenters. The number of nitrogens with two attached hydrogens (primary N) is 1. The lowest BCUT2D eigenvalue weighted by Gasteiger charge is -2.28. The van der Waals surface area contributed by atoms with Crippen molar-refractivity contribution >= 4 is 5.91 Å². The number of rotatable bonds is 4. The number of amides is 1. The highest BCUT2D eigenvalue weighted by molar-refractivity contribution is 5.78. The molecule has 0 aromatic carbocycles. The van der Waals surface area contributed by atoms with Crippen LogP contribution in [-0.4, -0.2) is 42.5 Å². The number of likely N-dealkylation sites (tertiary alicyclic amines) is 1. The topological polar surface area (TPSA) is 58.4 Å². The summed E-state index contributed by atoms with van der Waals surface area (Å²) in [4.78, 5) is 13.9. The lowest BCUT2D eigenvalue weighted by atomic mass is 10.1. The van der Waals surface area contributed by atoms with Gasteiger partial charge < -0.3 is 11.1 Å². The molecule has 1 amide bonds. The molecule has 1 fully saturated rings. The number of carbonyl (C=O) groups is 1. The lowest BCUT2D eigenvalue weighted by Crippen LogP contribution is -2.46. The molecule has 0 saturated carbocycles. The van der Waals surface area contributed by atoms with Crippen molar-refractivity contribution in [1.29, 1.82) is 0 Å². The van der Waals surface area contributed by atoms with Gasteiger partial charge in [0.05, 0.1) is 6.54 Å². The van der Waals surface area contributed by atoms with Gasteiger partial charge in [-0.05, 0) is 33.2 Å². The van der Waals surface area contributed by atoms with Crippen LogP contribution in [0.15, 0.2) is 0 Å². The predicted octanol–water partition coefficient (Wildman–Crippen LogP) is 0.714. The molecule has 16 heavy (non-hydrogen) atoms. The first-order valence-corrected chi connectivity index (χ1v) is 6.37. The fourth-order valence-electron chi connectivity index (χ4n) is 2.26. The number of nitrogens with one attached hydrogen (secondary N) is 1. The third-order valence-electron chi connectivity index (χ3n) is 3.07. The summed E-state index contributed by atoms with van der Waals surface area (Å²) in [6.45, 7) is 6.14. The van der Waals surface area contributed by atoms with Gasteiger partial charge in [-0.1, -0.05) is 12.8 Å². The van der Waals surface area contributed by atoms with Crippen molar-refractivity contribution in [3.63, 3.8) is 0 Å². The Balaban J connectivity index is 2.44. The van der Waals surface area contributed by atoms with Crippen LogP contribution in [0.25, 0.3) is 0 Å². The largest absolute Gasteiger partial charge is 0.353 e. The van der Waals surface area contributed by atoms with Gasteiger partial charge in [0.2, 0.25) is 5.91 Å². The summed E-state index contributed by atoms with van der Waals surface area (Å²) in [5, 5.41) is 2.93. The molecule has 1 saturated heterocycles. The van der Waals surface area contributed by atoms with E-state index < -0.39 is 0 Å². The highest BCUT2D eigenvalue weighted by atomic mass is 16.2. The Bertz CT molecular complexity index is 218. The van der Waals surface area contributed by atoms with E-state index in [-0.39, 0.29) is 11.9 Å². The summed E-state index contributed by atoms with van der Waals surface area (Å²) in [6.07, 6.45) is 4.82. The minimum atomic E-state index is 0.121. The number of hydrogen-bond donors (Lipinski definition) is 2. The second kappa shape index (κ2) is 6.86. The number of carbonyl (C=O) groups excluding carboxylic acids is 1. The molecule has 4 heteroatoms. The molecular formula is C12H25N3O. The second-order valence-electron chi connectivity index (χ2n) is 4.93. The van der Waals surface area contributed by atoms with E-state index in [0.29, 0.717) is 19.1 Å². The highest BCUT2D eigenvalue weighted by Crippen LogP contribution is 2.15. The number of hydrogen-bond acceptors (Lipinski definition) is 3. The molecule has 4 nitrogen and oxygen atoms in total. The van der Waals surface area contributed by atoms with Crippen molar-refractivity contribution in [2.75, 3.05) is 19.6 Å². The average Bonchev–Trinajstić information content (AvgIpc) is 2.41. The molecule has 0 radical (unpaired) electrons. The normalized spacial score (nSPS) is 23.1. The minimum Gasteiger partial charge on any atom is -0.353 e. The first-order chi connectivity index (χ1) is 7.63. The summed E-state index contributed by atoms with van der Waals surface area (Å²) in [7, 11) is 0. The van der Waals surface area contributed by atoms with Gasteiger partial charge in [-0.2, -0.15) is 0 Å². The first-order valence-electron chi connectivity index (χ1n) is 6.37. The van der Waals surface area contributed by atoms with Crippen LogP contribution in [0.2, 0.25) is 0 Å². The molecule has 3 N–H and O–H groups in total. The Hall–Kier alpha value is -0.610. The molecule has 1 aliphatic heterocycles. The predicted molar refractivity (Wildman–Crippen MR) is 66.2 cm³/mol. The van der Waals surface area contributed by atoms with Crippen LogP contribution in [0.5, 0.6) is 0 Å². The molecule has 1 rings (SSSR count). The third kappa shape index (κ3) is 4.49. The van der Waals surface area contributed by atoms with Crippen LogP contribution < -0.4 is 11.1 Å². The molecule has 1 heterocycles. The van der Waals surface area contributed by atoms with Crippen molar-refractivity contribution < 1.29 is 4.79 Å². The molecule has 0 aliphatic carbocycles. The Morgan fingerprint density at radius 1 is 1.44 bits per heavy atom. The van der Waals surface area contributed by atoms with E-state index in [1.807, 2.05) is 13.8 Å². The standard InChI is InChI=1S/C12H25N3O/c1-10(2)14-12(16)9-15-7-5-3-4-6-11(15)8-13/h10-11H,3-9,13H2,1-2H3,(H,14,16). The van der Waals surface area contributed by atoms with E-state index in [1.165, 1.54) is 19.3 Å². The summed E-state index contributed by atoms with van der Waals surface area (Å²) < 4.78 is 0. The summed E-state index contributed by atoms with van der Waals surface area (Å²) in [5.74, 6) is 0.121. The molecule has 94 valence electrons. The molecule has 1 aliphatic rings. The SMILES string of the molecule is CC(C)NC(=O)CN1CCCCCC1CN. The van der Waals surface area contributed by atoms with E-state index in [2.05, 4.69) is 10.2 Å². The van der Waals surface area contributed by atoms with Crippen molar-refractivity contribution in [2.24, 2.45) is 5.73 Å². The van der Waals surface area contributed by atoms with Crippen LogP contribution in [0.4, 0.5) is 0 Å². The van der Waals surface area contributed by atoms with Gasteiger partial charge in [-0.3, -0.25) is 9.69 Å². The smallest absolute Gasteiger partial charge is 0.234 e. The van der Waals surface area contributed by atoms with Gasteiger partial charge in [-0.25, -0.2) is 0 Å². The highest BCUT2D eigenvalue weighted by Gasteiger charge is 2.21. The van der Waals surface area contributed by atoms with E-state index in [1.54, 1.807) is 0 Å². The molecule has 0 aromatic rings. The van der Waals surface area contributed by atoms with Crippen LogP contribution >= 0.6 is 0 Å². The third-order valence-corrected chi connectivity index (χ3v) is 3.07. The van der Waals surface area contributed by atoms with E-state index in [4.69, 9.17) is 5.73 Å². The van der Waals surface area contributed by atoms with Crippen LogP contribution in [0.1, 0.15) is 39.5 Å². The zero-order valence-electron chi connectivity index (χ0n) is 10.5. The fourth-order valence-corrected chi connectivity index (χ4v) is 2.26. The summed E-state index contributed by atoms with van der Waals surface area (Å²) >= 11 is 0. The Kier molecular flexibility index (Phi) is 5.77. The van der Waals surface area contributed by atoms with Gasteiger partial charge in [0.1, 0.15) is 0 Å². The van der Waals surface area contributed by atoms with Gasteiger partial charge in [0, 0.05) is 18.6 Å². The van der Waals surface area contributed by atoms with Crippen LogP contribution in [-0.2, 0) is 4.79 Å². The maximum absolute atomic E-state index is 11.7. The van der Waals surface area contributed by atoms with E-state index in [0.717, 1.165) is 13.0 Å². The Morgan fingerprint density at radius 2 is 2.19 bits per heavy atom. The van der Waals surface area contributed by atoms with Gasteiger partial charge in [0.25, 0.3) is 0 Å². The summed E-state index contributed by atoms with van der Waals surface area (Å²) in [6, 6.07) is 0.608. The Morgan fingerprint density at radius 3 is 2.81 bits per heavy atom. The molecule has 1 unspecified atom stereocenters. The van der Waals surface area contributed by atoms with Gasteiger partial charge in [-0.15, -0.1) is 0 Å². The molecular weight excluding hydrogens is 202 g/mol. The Labute approximate surface area is 98.6 Å².